The fourth-order valence-electron chi connectivity index (χ4n) is 3.15. The smallest absolute Gasteiger partial charge is 0.322 e. The number of benzene rings is 1. The SMILES string of the molecule is CC(O[Si](C)(C)C(C)(C)C)[C@H]1C(=O)N[C@@H]1C(C(=O)O)C(=O)OCc1ccccc1. The first kappa shape index (κ1) is 23.1. The van der Waals surface area contributed by atoms with Gasteiger partial charge in [0.1, 0.15) is 6.61 Å². The number of ether oxygens (including phenoxy) is 1. The monoisotopic (exact) mass is 421 g/mol. The Kier molecular flexibility index (Phi) is 6.90. The molecule has 160 valence electrons. The number of β-lactam (4-membered cyclic amide) rings is 1. The van der Waals surface area contributed by atoms with Crippen LogP contribution in [-0.4, -0.2) is 43.4 Å². The number of carboxylic acid groups (broad SMARTS) is 1. The third-order valence-electron chi connectivity index (χ3n) is 5.89. The van der Waals surface area contributed by atoms with E-state index >= 15 is 0 Å². The summed E-state index contributed by atoms with van der Waals surface area (Å²) in [7, 11) is -2.16. The van der Waals surface area contributed by atoms with E-state index in [1.165, 1.54) is 0 Å². The summed E-state index contributed by atoms with van der Waals surface area (Å²) in [6, 6.07) is 8.16. The van der Waals surface area contributed by atoms with Gasteiger partial charge in [-0.2, -0.15) is 0 Å². The lowest BCUT2D eigenvalue weighted by Gasteiger charge is -2.46. The third kappa shape index (κ3) is 5.25. The summed E-state index contributed by atoms with van der Waals surface area (Å²) >= 11 is 0. The van der Waals surface area contributed by atoms with Crippen molar-refractivity contribution in [1.29, 1.82) is 0 Å². The molecule has 1 amide bonds. The van der Waals surface area contributed by atoms with E-state index in [0.29, 0.717) is 0 Å². The Bertz CT molecular complexity index is 758. The van der Waals surface area contributed by atoms with E-state index < -0.39 is 44.2 Å². The van der Waals surface area contributed by atoms with Crippen LogP contribution in [0.3, 0.4) is 0 Å². The maximum Gasteiger partial charge on any atom is 0.322 e. The molecule has 2 rings (SSSR count). The summed E-state index contributed by atoms with van der Waals surface area (Å²) in [5.41, 5.74) is 0.758. The van der Waals surface area contributed by atoms with Crippen LogP contribution >= 0.6 is 0 Å². The number of aliphatic carboxylic acids is 1. The lowest BCUT2D eigenvalue weighted by Crippen LogP contribution is -2.68. The van der Waals surface area contributed by atoms with E-state index in [9.17, 15) is 19.5 Å². The molecule has 0 spiro atoms. The van der Waals surface area contributed by atoms with Gasteiger partial charge in [0.25, 0.3) is 0 Å². The van der Waals surface area contributed by atoms with Gasteiger partial charge in [-0.25, -0.2) is 0 Å². The fourth-order valence-corrected chi connectivity index (χ4v) is 4.58. The lowest BCUT2D eigenvalue weighted by atomic mass is 9.78. The molecule has 8 heteroatoms. The molecule has 1 saturated heterocycles. The molecule has 7 nitrogen and oxygen atoms in total. The first-order chi connectivity index (χ1) is 13.3. The number of esters is 1. The summed E-state index contributed by atoms with van der Waals surface area (Å²) in [6.07, 6.45) is -0.501. The highest BCUT2D eigenvalue weighted by molar-refractivity contribution is 6.74. The summed E-state index contributed by atoms with van der Waals surface area (Å²) < 4.78 is 11.5. The Morgan fingerprint density at radius 2 is 1.79 bits per heavy atom. The van der Waals surface area contributed by atoms with Gasteiger partial charge in [0.15, 0.2) is 14.2 Å². The second-order valence-corrected chi connectivity index (χ2v) is 13.8. The Labute approximate surface area is 172 Å². The number of nitrogens with one attached hydrogen (secondary N) is 1. The predicted octanol–water partition coefficient (Wildman–Crippen LogP) is 2.96. The first-order valence-electron chi connectivity index (χ1n) is 9.76. The number of carbonyl (C=O) groups is 3. The van der Waals surface area contributed by atoms with E-state index in [-0.39, 0.29) is 17.6 Å². The van der Waals surface area contributed by atoms with E-state index in [1.807, 2.05) is 6.07 Å². The van der Waals surface area contributed by atoms with Crippen molar-refractivity contribution in [3.05, 3.63) is 35.9 Å². The van der Waals surface area contributed by atoms with Crippen LogP contribution in [0.4, 0.5) is 0 Å². The second-order valence-electron chi connectivity index (χ2n) is 9.05. The molecular formula is C21H31NO6Si. The van der Waals surface area contributed by atoms with Crippen LogP contribution in [0.1, 0.15) is 33.3 Å². The molecule has 1 aliphatic heterocycles. The molecule has 4 atom stereocenters. The molecule has 0 aromatic heterocycles. The van der Waals surface area contributed by atoms with Crippen molar-refractivity contribution >= 4 is 26.2 Å². The van der Waals surface area contributed by atoms with Gasteiger partial charge >= 0.3 is 11.9 Å². The van der Waals surface area contributed by atoms with Crippen LogP contribution in [-0.2, 0) is 30.2 Å². The molecule has 1 heterocycles. The lowest BCUT2D eigenvalue weighted by molar-refractivity contribution is -0.166. The number of rotatable bonds is 8. The number of carboxylic acids is 1. The minimum atomic E-state index is -2.16. The fraction of sp³-hybridized carbons (Fsp3) is 0.571. The molecule has 1 fully saturated rings. The Morgan fingerprint density at radius 1 is 1.21 bits per heavy atom. The van der Waals surface area contributed by atoms with Crippen LogP contribution in [0.5, 0.6) is 0 Å². The van der Waals surface area contributed by atoms with Crippen LogP contribution in [0.15, 0.2) is 30.3 Å². The largest absolute Gasteiger partial charge is 0.481 e. The minimum Gasteiger partial charge on any atom is -0.481 e. The first-order valence-corrected chi connectivity index (χ1v) is 12.7. The molecule has 2 unspecified atom stereocenters. The summed E-state index contributed by atoms with van der Waals surface area (Å²) in [6.45, 7) is 12.1. The highest BCUT2D eigenvalue weighted by Crippen LogP contribution is 2.39. The number of amides is 1. The van der Waals surface area contributed by atoms with Gasteiger partial charge in [0.2, 0.25) is 5.91 Å². The summed E-state index contributed by atoms with van der Waals surface area (Å²) in [4.78, 5) is 36.6. The quantitative estimate of drug-likeness (QED) is 0.290. The van der Waals surface area contributed by atoms with Gasteiger partial charge in [0, 0.05) is 0 Å². The van der Waals surface area contributed by atoms with E-state index in [4.69, 9.17) is 9.16 Å². The van der Waals surface area contributed by atoms with Crippen molar-refractivity contribution in [2.24, 2.45) is 11.8 Å². The highest BCUT2D eigenvalue weighted by atomic mass is 28.4. The highest BCUT2D eigenvalue weighted by Gasteiger charge is 2.54. The van der Waals surface area contributed by atoms with Crippen LogP contribution < -0.4 is 5.32 Å². The van der Waals surface area contributed by atoms with Crippen LogP contribution in [0.25, 0.3) is 0 Å². The van der Waals surface area contributed by atoms with Crippen molar-refractivity contribution in [1.82, 2.24) is 5.32 Å². The molecule has 1 aromatic carbocycles. The number of hydrogen-bond donors (Lipinski definition) is 2. The molecular weight excluding hydrogens is 390 g/mol. The van der Waals surface area contributed by atoms with E-state index in [2.05, 4.69) is 39.2 Å². The summed E-state index contributed by atoms with van der Waals surface area (Å²) in [5.74, 6) is -4.68. The zero-order valence-corrected chi connectivity index (χ0v) is 18.9. The van der Waals surface area contributed by atoms with E-state index in [0.717, 1.165) is 5.56 Å². The van der Waals surface area contributed by atoms with Crippen molar-refractivity contribution in [3.63, 3.8) is 0 Å². The van der Waals surface area contributed by atoms with Crippen molar-refractivity contribution in [2.45, 2.75) is 64.6 Å². The van der Waals surface area contributed by atoms with Gasteiger partial charge < -0.3 is 19.6 Å². The number of carbonyl (C=O) groups excluding carboxylic acids is 2. The van der Waals surface area contributed by atoms with E-state index in [1.54, 1.807) is 31.2 Å². The van der Waals surface area contributed by atoms with Gasteiger partial charge in [-0.15, -0.1) is 0 Å². The normalized spacial score (nSPS) is 21.5. The zero-order valence-electron chi connectivity index (χ0n) is 17.9. The Balaban J connectivity index is 2.10. The zero-order chi connectivity index (χ0) is 22.0. The van der Waals surface area contributed by atoms with Crippen LogP contribution in [0.2, 0.25) is 18.1 Å². The molecule has 1 aliphatic rings. The Hall–Kier alpha value is -2.19. The van der Waals surface area contributed by atoms with Gasteiger partial charge in [-0.1, -0.05) is 51.1 Å². The number of hydrogen-bond acceptors (Lipinski definition) is 5. The molecule has 0 aliphatic carbocycles. The van der Waals surface area contributed by atoms with Crippen molar-refractivity contribution in [3.8, 4) is 0 Å². The molecule has 0 radical (unpaired) electrons. The molecule has 1 aromatic rings. The van der Waals surface area contributed by atoms with Gasteiger partial charge in [0.05, 0.1) is 18.1 Å². The average Bonchev–Trinajstić information content (AvgIpc) is 2.58. The maximum atomic E-state index is 12.5. The predicted molar refractivity (Wildman–Crippen MR) is 111 cm³/mol. The topological polar surface area (TPSA) is 102 Å². The van der Waals surface area contributed by atoms with Crippen molar-refractivity contribution < 1.29 is 28.7 Å². The van der Waals surface area contributed by atoms with Crippen LogP contribution in [0, 0.1) is 11.8 Å². The molecule has 2 N–H and O–H groups in total. The van der Waals surface area contributed by atoms with Crippen molar-refractivity contribution in [2.75, 3.05) is 0 Å². The minimum absolute atomic E-state index is 0.0230. The second kappa shape index (κ2) is 8.67. The maximum absolute atomic E-state index is 12.5. The third-order valence-corrected chi connectivity index (χ3v) is 10.5. The molecule has 0 saturated carbocycles. The average molecular weight is 422 g/mol. The summed E-state index contributed by atoms with van der Waals surface area (Å²) in [5, 5.41) is 12.2. The van der Waals surface area contributed by atoms with Gasteiger partial charge in [-0.05, 0) is 30.6 Å². The molecule has 0 bridgehead atoms. The van der Waals surface area contributed by atoms with Gasteiger partial charge in [-0.3, -0.25) is 14.4 Å². The molecule has 29 heavy (non-hydrogen) atoms. The standard InChI is InChI=1S/C21H31NO6Si/c1-13(28-29(5,6)21(2,3)4)15-17(22-18(15)23)16(19(24)25)20(26)27-12-14-10-8-7-9-11-14/h7-11,13,15-17H,12H2,1-6H3,(H,22,23)(H,24,25)/t13?,15-,16?,17+/m1/s1. The Morgan fingerprint density at radius 3 is 2.28 bits per heavy atom.